The third-order valence-corrected chi connectivity index (χ3v) is 5.04. The van der Waals surface area contributed by atoms with E-state index in [9.17, 15) is 5.11 Å². The number of H-pyrrole nitrogens is 1. The van der Waals surface area contributed by atoms with Crippen LogP contribution in [0.3, 0.4) is 0 Å². The van der Waals surface area contributed by atoms with Crippen molar-refractivity contribution in [3.8, 4) is 5.95 Å². The maximum atomic E-state index is 10.3. The first-order chi connectivity index (χ1) is 12.5. The number of aryl methyl sites for hydroxylation is 1. The molecular formula is C19H26N6O. The molecule has 7 nitrogen and oxygen atoms in total. The molecule has 2 aromatic heterocycles. The van der Waals surface area contributed by atoms with Crippen LogP contribution in [-0.2, 0) is 0 Å². The number of para-hydroxylation sites is 2. The second kappa shape index (κ2) is 6.81. The predicted octanol–water partition coefficient (Wildman–Crippen LogP) is 2.45. The van der Waals surface area contributed by atoms with E-state index in [-0.39, 0.29) is 18.1 Å². The van der Waals surface area contributed by atoms with Crippen molar-refractivity contribution in [3.63, 3.8) is 0 Å². The van der Waals surface area contributed by atoms with Crippen LogP contribution in [0.5, 0.6) is 0 Å². The van der Waals surface area contributed by atoms with Crippen LogP contribution in [0.1, 0.15) is 50.7 Å². The highest BCUT2D eigenvalue weighted by atomic mass is 16.3. The lowest BCUT2D eigenvalue weighted by Gasteiger charge is -2.34. The van der Waals surface area contributed by atoms with Crippen LogP contribution in [0, 0.1) is 6.92 Å². The lowest BCUT2D eigenvalue weighted by molar-refractivity contribution is 0.0779. The predicted molar refractivity (Wildman–Crippen MR) is 100 cm³/mol. The van der Waals surface area contributed by atoms with Crippen LogP contribution in [0.4, 0.5) is 0 Å². The molecular weight excluding hydrogens is 328 g/mol. The molecule has 0 aliphatic heterocycles. The second-order valence-corrected chi connectivity index (χ2v) is 7.51. The van der Waals surface area contributed by atoms with Crippen molar-refractivity contribution in [1.29, 1.82) is 0 Å². The molecule has 1 aromatic carbocycles. The van der Waals surface area contributed by atoms with Gasteiger partial charge in [0.25, 0.3) is 0 Å². The molecule has 2 heterocycles. The van der Waals surface area contributed by atoms with E-state index in [1.165, 1.54) is 0 Å². The van der Waals surface area contributed by atoms with E-state index >= 15 is 0 Å². The molecule has 0 unspecified atom stereocenters. The van der Waals surface area contributed by atoms with Gasteiger partial charge in [0.15, 0.2) is 0 Å². The largest absolute Gasteiger partial charge is 0.392 e. The van der Waals surface area contributed by atoms with Gasteiger partial charge in [-0.3, -0.25) is 0 Å². The van der Waals surface area contributed by atoms with Crippen molar-refractivity contribution in [2.75, 3.05) is 0 Å². The molecule has 3 aromatic rings. The summed E-state index contributed by atoms with van der Waals surface area (Å²) >= 11 is 0. The van der Waals surface area contributed by atoms with E-state index in [0.717, 1.165) is 41.9 Å². The number of rotatable bonds is 4. The van der Waals surface area contributed by atoms with E-state index in [1.54, 1.807) is 0 Å². The van der Waals surface area contributed by atoms with Gasteiger partial charge in [-0.05, 0) is 38.3 Å². The molecule has 0 bridgehead atoms. The topological polar surface area (TPSA) is 91.7 Å². The van der Waals surface area contributed by atoms with Gasteiger partial charge in [-0.15, -0.1) is 5.10 Å². The number of imidazole rings is 1. The van der Waals surface area contributed by atoms with Gasteiger partial charge in [-0.1, -0.05) is 26.0 Å². The Morgan fingerprint density at radius 2 is 2.04 bits per heavy atom. The van der Waals surface area contributed by atoms with Gasteiger partial charge in [0.05, 0.1) is 17.1 Å². The molecule has 0 amide bonds. The second-order valence-electron chi connectivity index (χ2n) is 7.51. The molecule has 0 saturated heterocycles. The zero-order valence-electron chi connectivity index (χ0n) is 15.5. The SMILES string of the molecule is Cc1nc([C@H]2CC[C@@H](O)[C@H](NC(C)C)C2)n(-c2nc3ccccc3[nH]2)n1. The molecule has 26 heavy (non-hydrogen) atoms. The Balaban J connectivity index is 1.67. The molecule has 138 valence electrons. The number of fused-ring (bicyclic) bond motifs is 1. The van der Waals surface area contributed by atoms with Crippen LogP contribution < -0.4 is 5.32 Å². The van der Waals surface area contributed by atoms with Crippen LogP contribution >= 0.6 is 0 Å². The number of aromatic nitrogens is 5. The minimum Gasteiger partial charge on any atom is -0.392 e. The highest BCUT2D eigenvalue weighted by molar-refractivity contribution is 5.75. The van der Waals surface area contributed by atoms with E-state index in [2.05, 4.69) is 34.2 Å². The van der Waals surface area contributed by atoms with E-state index < -0.39 is 0 Å². The maximum Gasteiger partial charge on any atom is 0.230 e. The molecule has 1 aliphatic rings. The molecule has 1 fully saturated rings. The summed E-state index contributed by atoms with van der Waals surface area (Å²) in [6.07, 6.45) is 2.20. The van der Waals surface area contributed by atoms with Crippen molar-refractivity contribution in [3.05, 3.63) is 35.9 Å². The van der Waals surface area contributed by atoms with Crippen molar-refractivity contribution in [1.82, 2.24) is 30.0 Å². The number of aliphatic hydroxyl groups is 1. The number of aromatic amines is 1. The number of hydrogen-bond donors (Lipinski definition) is 3. The molecule has 1 aliphatic carbocycles. The summed E-state index contributed by atoms with van der Waals surface area (Å²) < 4.78 is 1.84. The summed E-state index contributed by atoms with van der Waals surface area (Å²) in [5.74, 6) is 2.59. The van der Waals surface area contributed by atoms with Crippen molar-refractivity contribution >= 4 is 11.0 Å². The zero-order valence-corrected chi connectivity index (χ0v) is 15.5. The number of hydrogen-bond acceptors (Lipinski definition) is 5. The Bertz CT molecular complexity index is 865. The monoisotopic (exact) mass is 354 g/mol. The fourth-order valence-corrected chi connectivity index (χ4v) is 3.89. The molecule has 3 atom stereocenters. The van der Waals surface area contributed by atoms with Crippen molar-refractivity contribution < 1.29 is 5.11 Å². The van der Waals surface area contributed by atoms with Crippen molar-refractivity contribution in [2.45, 2.75) is 64.1 Å². The molecule has 4 rings (SSSR count). The van der Waals surface area contributed by atoms with Gasteiger partial charge in [0.2, 0.25) is 5.95 Å². The van der Waals surface area contributed by atoms with E-state index in [1.807, 2.05) is 35.9 Å². The van der Waals surface area contributed by atoms with Gasteiger partial charge < -0.3 is 15.4 Å². The lowest BCUT2D eigenvalue weighted by Crippen LogP contribution is -2.47. The number of nitrogens with one attached hydrogen (secondary N) is 2. The molecule has 1 saturated carbocycles. The third-order valence-electron chi connectivity index (χ3n) is 5.04. The van der Waals surface area contributed by atoms with Gasteiger partial charge in [-0.25, -0.2) is 9.97 Å². The zero-order chi connectivity index (χ0) is 18.3. The third kappa shape index (κ3) is 3.24. The van der Waals surface area contributed by atoms with Crippen molar-refractivity contribution in [2.24, 2.45) is 0 Å². The Hall–Kier alpha value is -2.25. The lowest BCUT2D eigenvalue weighted by atomic mass is 9.83. The van der Waals surface area contributed by atoms with E-state index in [0.29, 0.717) is 12.0 Å². The quantitative estimate of drug-likeness (QED) is 0.669. The first-order valence-corrected chi connectivity index (χ1v) is 9.34. The summed E-state index contributed by atoms with van der Waals surface area (Å²) in [6.45, 7) is 6.12. The number of nitrogens with zero attached hydrogens (tertiary/aromatic N) is 4. The fraction of sp³-hybridized carbons (Fsp3) is 0.526. The minimum absolute atomic E-state index is 0.0786. The Morgan fingerprint density at radius 3 is 2.81 bits per heavy atom. The maximum absolute atomic E-state index is 10.3. The van der Waals surface area contributed by atoms with Crippen LogP contribution in [0.2, 0.25) is 0 Å². The van der Waals surface area contributed by atoms with Crippen LogP contribution in [0.25, 0.3) is 17.0 Å². The summed E-state index contributed by atoms with van der Waals surface area (Å²) in [7, 11) is 0. The summed E-state index contributed by atoms with van der Waals surface area (Å²) in [6, 6.07) is 8.37. The van der Waals surface area contributed by atoms with E-state index in [4.69, 9.17) is 4.98 Å². The number of benzene rings is 1. The molecule has 7 heteroatoms. The van der Waals surface area contributed by atoms with Crippen LogP contribution in [-0.4, -0.2) is 48.0 Å². The molecule has 0 spiro atoms. The minimum atomic E-state index is -0.308. The standard InChI is InChI=1S/C19H26N6O/c1-11(2)20-16-10-13(8-9-17(16)26)18-21-12(3)24-25(18)19-22-14-6-4-5-7-15(14)23-19/h4-7,11,13,16-17,20,26H,8-10H2,1-3H3,(H,22,23)/t13-,16+,17+/m0/s1. The Labute approximate surface area is 152 Å². The fourth-order valence-electron chi connectivity index (χ4n) is 3.89. The molecule has 3 N–H and O–H groups in total. The average molecular weight is 354 g/mol. The molecule has 0 radical (unpaired) electrons. The highest BCUT2D eigenvalue weighted by Crippen LogP contribution is 2.33. The summed E-state index contributed by atoms with van der Waals surface area (Å²) in [5.41, 5.74) is 1.90. The smallest absolute Gasteiger partial charge is 0.230 e. The normalized spacial score (nSPS) is 23.8. The average Bonchev–Trinajstić information content (AvgIpc) is 3.19. The number of aliphatic hydroxyl groups excluding tert-OH is 1. The first-order valence-electron chi connectivity index (χ1n) is 9.34. The van der Waals surface area contributed by atoms with Gasteiger partial charge in [-0.2, -0.15) is 4.68 Å². The van der Waals surface area contributed by atoms with Gasteiger partial charge in [0, 0.05) is 18.0 Å². The highest BCUT2D eigenvalue weighted by Gasteiger charge is 2.33. The van der Waals surface area contributed by atoms with Crippen LogP contribution in [0.15, 0.2) is 24.3 Å². The first kappa shape index (κ1) is 17.2. The van der Waals surface area contributed by atoms with Gasteiger partial charge in [0.1, 0.15) is 11.6 Å². The summed E-state index contributed by atoms with van der Waals surface area (Å²) in [5, 5.41) is 18.4. The summed E-state index contributed by atoms with van der Waals surface area (Å²) in [4.78, 5) is 12.7. The van der Waals surface area contributed by atoms with Gasteiger partial charge >= 0.3 is 0 Å². The Morgan fingerprint density at radius 1 is 1.23 bits per heavy atom. The Kier molecular flexibility index (Phi) is 4.50.